The number of anilines is 1. The van der Waals surface area contributed by atoms with Crippen LogP contribution in [0.5, 0.6) is 0 Å². The molecule has 0 radical (unpaired) electrons. The van der Waals surface area contributed by atoms with Gasteiger partial charge in [-0.15, -0.1) is 0 Å². The fourth-order valence-electron chi connectivity index (χ4n) is 2.00. The fraction of sp³-hybridized carbons (Fsp3) is 0.583. The first kappa shape index (κ1) is 11.8. The second-order valence-electron chi connectivity index (χ2n) is 4.59. The maximum atomic E-state index is 10.6. The molecule has 0 unspecified atom stereocenters. The second-order valence-corrected chi connectivity index (χ2v) is 4.59. The molecule has 1 aromatic heterocycles. The smallest absolute Gasteiger partial charge is 0.309 e. The molecule has 1 aliphatic heterocycles. The molecule has 5 nitrogen and oxygen atoms in total. The van der Waals surface area contributed by atoms with Gasteiger partial charge in [0.25, 0.3) is 0 Å². The Morgan fingerprint density at radius 1 is 1.53 bits per heavy atom. The van der Waals surface area contributed by atoms with E-state index in [0.29, 0.717) is 11.6 Å². The topological polar surface area (TPSA) is 66.3 Å². The van der Waals surface area contributed by atoms with Crippen molar-refractivity contribution in [2.24, 2.45) is 5.92 Å². The Morgan fingerprint density at radius 3 is 2.88 bits per heavy atom. The average Bonchev–Trinajstić information content (AvgIpc) is 2.29. The van der Waals surface area contributed by atoms with Crippen LogP contribution in [0.4, 0.5) is 5.95 Å². The molecule has 1 N–H and O–H groups in total. The van der Waals surface area contributed by atoms with E-state index in [1.54, 1.807) is 12.3 Å². The molecule has 0 atom stereocenters. The summed E-state index contributed by atoms with van der Waals surface area (Å²) >= 11 is 0. The summed E-state index contributed by atoms with van der Waals surface area (Å²) in [5.41, 5.74) is 0.570. The van der Waals surface area contributed by atoms with Crippen molar-refractivity contribution >= 4 is 11.9 Å². The summed E-state index contributed by atoms with van der Waals surface area (Å²) in [6.45, 7) is 4.16. The van der Waals surface area contributed by atoms with E-state index in [1.807, 2.05) is 0 Å². The Bertz CT molecular complexity index is 400. The minimum atomic E-state index is -0.859. The SMILES string of the molecule is CC1CCN(c2nccc(CC(=O)O)n2)CC1. The largest absolute Gasteiger partial charge is 0.481 e. The highest BCUT2D eigenvalue weighted by atomic mass is 16.4. The van der Waals surface area contributed by atoms with Gasteiger partial charge in [0.2, 0.25) is 5.95 Å². The van der Waals surface area contributed by atoms with Gasteiger partial charge in [-0.25, -0.2) is 9.97 Å². The number of carboxylic acid groups (broad SMARTS) is 1. The van der Waals surface area contributed by atoms with Crippen molar-refractivity contribution < 1.29 is 9.90 Å². The Kier molecular flexibility index (Phi) is 3.56. The zero-order chi connectivity index (χ0) is 12.3. The number of hydrogen-bond acceptors (Lipinski definition) is 4. The summed E-state index contributed by atoms with van der Waals surface area (Å²) in [6.07, 6.45) is 3.89. The number of carbonyl (C=O) groups is 1. The van der Waals surface area contributed by atoms with Crippen molar-refractivity contribution in [3.63, 3.8) is 0 Å². The van der Waals surface area contributed by atoms with Crippen LogP contribution in [0.3, 0.4) is 0 Å². The summed E-state index contributed by atoms with van der Waals surface area (Å²) in [4.78, 5) is 21.3. The first-order valence-electron chi connectivity index (χ1n) is 5.94. The van der Waals surface area contributed by atoms with Gasteiger partial charge in [0.1, 0.15) is 0 Å². The van der Waals surface area contributed by atoms with Crippen LogP contribution in [0.15, 0.2) is 12.3 Å². The van der Waals surface area contributed by atoms with Crippen molar-refractivity contribution in [2.45, 2.75) is 26.2 Å². The van der Waals surface area contributed by atoms with Gasteiger partial charge in [0.15, 0.2) is 0 Å². The standard InChI is InChI=1S/C12H17N3O2/c1-9-3-6-15(7-4-9)12-13-5-2-10(14-12)8-11(16)17/h2,5,9H,3-4,6-8H2,1H3,(H,16,17). The molecular formula is C12H17N3O2. The van der Waals surface area contributed by atoms with Crippen LogP contribution in [0.25, 0.3) is 0 Å². The summed E-state index contributed by atoms with van der Waals surface area (Å²) in [5, 5.41) is 8.73. The molecule has 2 heterocycles. The van der Waals surface area contributed by atoms with E-state index in [0.717, 1.165) is 31.8 Å². The maximum absolute atomic E-state index is 10.6. The third-order valence-corrected chi connectivity index (χ3v) is 3.10. The minimum Gasteiger partial charge on any atom is -0.481 e. The third-order valence-electron chi connectivity index (χ3n) is 3.10. The molecule has 92 valence electrons. The van der Waals surface area contributed by atoms with Crippen LogP contribution < -0.4 is 4.90 Å². The lowest BCUT2D eigenvalue weighted by Crippen LogP contribution is -2.34. The molecule has 17 heavy (non-hydrogen) atoms. The molecule has 0 bridgehead atoms. The molecule has 2 rings (SSSR count). The van der Waals surface area contributed by atoms with Crippen molar-refractivity contribution in [1.29, 1.82) is 0 Å². The van der Waals surface area contributed by atoms with Crippen LogP contribution in [-0.4, -0.2) is 34.1 Å². The Labute approximate surface area is 100 Å². The molecule has 0 aliphatic carbocycles. The van der Waals surface area contributed by atoms with Crippen molar-refractivity contribution in [2.75, 3.05) is 18.0 Å². The van der Waals surface area contributed by atoms with Gasteiger partial charge in [-0.3, -0.25) is 4.79 Å². The monoisotopic (exact) mass is 235 g/mol. The number of aromatic nitrogens is 2. The van der Waals surface area contributed by atoms with Crippen LogP contribution in [0.2, 0.25) is 0 Å². The normalized spacial score (nSPS) is 17.1. The fourth-order valence-corrected chi connectivity index (χ4v) is 2.00. The van der Waals surface area contributed by atoms with Crippen molar-refractivity contribution in [3.8, 4) is 0 Å². The molecular weight excluding hydrogens is 218 g/mol. The molecule has 0 saturated carbocycles. The van der Waals surface area contributed by atoms with Gasteiger partial charge >= 0.3 is 5.97 Å². The van der Waals surface area contributed by atoms with Gasteiger partial charge in [0, 0.05) is 19.3 Å². The van der Waals surface area contributed by atoms with Crippen LogP contribution in [-0.2, 0) is 11.2 Å². The van der Waals surface area contributed by atoms with E-state index in [4.69, 9.17) is 5.11 Å². The molecule has 5 heteroatoms. The highest BCUT2D eigenvalue weighted by Gasteiger charge is 2.18. The number of rotatable bonds is 3. The van der Waals surface area contributed by atoms with Gasteiger partial charge in [-0.05, 0) is 24.8 Å². The lowest BCUT2D eigenvalue weighted by molar-refractivity contribution is -0.136. The predicted molar refractivity (Wildman–Crippen MR) is 64.0 cm³/mol. The van der Waals surface area contributed by atoms with E-state index in [9.17, 15) is 4.79 Å². The van der Waals surface area contributed by atoms with Gasteiger partial charge < -0.3 is 10.0 Å². The summed E-state index contributed by atoms with van der Waals surface area (Å²) < 4.78 is 0. The quantitative estimate of drug-likeness (QED) is 0.856. The predicted octanol–water partition coefficient (Wildman–Crippen LogP) is 1.34. The summed E-state index contributed by atoms with van der Waals surface area (Å²) in [5.74, 6) is 0.561. The molecule has 0 amide bonds. The Morgan fingerprint density at radius 2 is 2.24 bits per heavy atom. The molecule has 0 spiro atoms. The zero-order valence-corrected chi connectivity index (χ0v) is 9.96. The molecule has 1 saturated heterocycles. The van der Waals surface area contributed by atoms with Crippen molar-refractivity contribution in [1.82, 2.24) is 9.97 Å². The van der Waals surface area contributed by atoms with Crippen LogP contribution >= 0.6 is 0 Å². The van der Waals surface area contributed by atoms with Crippen molar-refractivity contribution in [3.05, 3.63) is 18.0 Å². The summed E-state index contributed by atoms with van der Waals surface area (Å²) in [7, 11) is 0. The number of aliphatic carboxylic acids is 1. The Balaban J connectivity index is 2.07. The number of hydrogen-bond donors (Lipinski definition) is 1. The molecule has 0 aromatic carbocycles. The highest BCUT2D eigenvalue weighted by Crippen LogP contribution is 2.19. The van der Waals surface area contributed by atoms with E-state index in [1.165, 1.54) is 0 Å². The third kappa shape index (κ3) is 3.15. The lowest BCUT2D eigenvalue weighted by Gasteiger charge is -2.30. The van der Waals surface area contributed by atoms with E-state index < -0.39 is 5.97 Å². The average molecular weight is 235 g/mol. The van der Waals surface area contributed by atoms with Crippen LogP contribution in [0, 0.1) is 5.92 Å². The Hall–Kier alpha value is -1.65. The summed E-state index contributed by atoms with van der Waals surface area (Å²) in [6, 6.07) is 1.66. The first-order valence-corrected chi connectivity index (χ1v) is 5.94. The van der Waals surface area contributed by atoms with E-state index in [-0.39, 0.29) is 6.42 Å². The lowest BCUT2D eigenvalue weighted by atomic mass is 10.00. The van der Waals surface area contributed by atoms with Crippen LogP contribution in [0.1, 0.15) is 25.5 Å². The number of nitrogens with zero attached hydrogens (tertiary/aromatic N) is 3. The second kappa shape index (κ2) is 5.12. The molecule has 1 aliphatic rings. The zero-order valence-electron chi connectivity index (χ0n) is 9.96. The van der Waals surface area contributed by atoms with E-state index in [2.05, 4.69) is 21.8 Å². The van der Waals surface area contributed by atoms with E-state index >= 15 is 0 Å². The molecule has 1 fully saturated rings. The minimum absolute atomic E-state index is 0.0419. The van der Waals surface area contributed by atoms with Gasteiger partial charge in [-0.1, -0.05) is 6.92 Å². The molecule has 1 aromatic rings. The maximum Gasteiger partial charge on any atom is 0.309 e. The van der Waals surface area contributed by atoms with Gasteiger partial charge in [-0.2, -0.15) is 0 Å². The first-order chi connectivity index (χ1) is 8.15. The number of carboxylic acids is 1. The number of piperidine rings is 1. The van der Waals surface area contributed by atoms with Gasteiger partial charge in [0.05, 0.1) is 12.1 Å². The highest BCUT2D eigenvalue weighted by molar-refractivity contribution is 5.69.